The molecule has 0 atom stereocenters. The molecule has 0 radical (unpaired) electrons. The van der Waals surface area contributed by atoms with Crippen LogP contribution in [0.4, 0.5) is 5.69 Å². The van der Waals surface area contributed by atoms with Gasteiger partial charge in [0.2, 0.25) is 0 Å². The van der Waals surface area contributed by atoms with E-state index in [1.807, 2.05) is 36.4 Å². The quantitative estimate of drug-likeness (QED) is 0.609. The normalized spacial score (nSPS) is 9.78. The molecule has 90 valence electrons. The summed E-state index contributed by atoms with van der Waals surface area (Å²) in [7, 11) is 0. The molecule has 0 saturated heterocycles. The third-order valence-electron chi connectivity index (χ3n) is 2.52. The molecule has 0 aliphatic carbocycles. The zero-order valence-electron chi connectivity index (χ0n) is 9.69. The zero-order valence-corrected chi connectivity index (χ0v) is 9.69. The van der Waals surface area contributed by atoms with Gasteiger partial charge in [0, 0.05) is 0 Å². The van der Waals surface area contributed by atoms with Gasteiger partial charge in [-0.15, -0.1) is 4.91 Å². The first-order valence-electron chi connectivity index (χ1n) is 5.56. The molecule has 0 aromatic heterocycles. The molecule has 0 fully saturated rings. The van der Waals surface area contributed by atoms with Gasteiger partial charge >= 0.3 is 0 Å². The Hall–Kier alpha value is -2.49. The predicted molar refractivity (Wildman–Crippen MR) is 69.9 cm³/mol. The summed E-state index contributed by atoms with van der Waals surface area (Å²) >= 11 is 0. The summed E-state index contributed by atoms with van der Waals surface area (Å²) in [6.07, 6.45) is 0.154. The number of nitroso groups, excluding NO2 is 1. The smallest absolute Gasteiger partial charge is 0.254 e. The fourth-order valence-electron chi connectivity index (χ4n) is 1.65. The Morgan fingerprint density at radius 1 is 0.944 bits per heavy atom. The maximum absolute atomic E-state index is 12.0. The van der Waals surface area contributed by atoms with Gasteiger partial charge in [-0.1, -0.05) is 48.5 Å². The van der Waals surface area contributed by atoms with Crippen molar-refractivity contribution in [1.29, 1.82) is 0 Å². The van der Waals surface area contributed by atoms with Crippen LogP contribution < -0.4 is 5.01 Å². The Morgan fingerprint density at radius 3 is 2.06 bits per heavy atom. The lowest BCUT2D eigenvalue weighted by molar-refractivity contribution is -0.118. The van der Waals surface area contributed by atoms with Gasteiger partial charge in [-0.2, -0.15) is 5.01 Å². The van der Waals surface area contributed by atoms with Crippen molar-refractivity contribution < 1.29 is 4.79 Å². The number of hydrogen-bond donors (Lipinski definition) is 0. The van der Waals surface area contributed by atoms with Crippen molar-refractivity contribution in [1.82, 2.24) is 0 Å². The molecule has 0 N–H and O–H groups in total. The summed E-state index contributed by atoms with van der Waals surface area (Å²) in [4.78, 5) is 22.8. The second kappa shape index (κ2) is 5.72. The van der Waals surface area contributed by atoms with E-state index in [1.165, 1.54) is 0 Å². The SMILES string of the molecule is O=NN(C(=O)Cc1ccccc1)c1ccccc1. The van der Waals surface area contributed by atoms with E-state index in [-0.39, 0.29) is 12.3 Å². The van der Waals surface area contributed by atoms with Gasteiger partial charge in [-0.25, -0.2) is 0 Å². The molecule has 0 aliphatic rings. The molecule has 4 nitrogen and oxygen atoms in total. The highest BCUT2D eigenvalue weighted by atomic mass is 16.3. The minimum absolute atomic E-state index is 0.154. The molecule has 0 aliphatic heterocycles. The highest BCUT2D eigenvalue weighted by Crippen LogP contribution is 2.15. The molecule has 0 heterocycles. The molecule has 0 saturated carbocycles. The first kappa shape index (κ1) is 12.0. The number of para-hydroxylation sites is 1. The average molecular weight is 240 g/mol. The van der Waals surface area contributed by atoms with Crippen molar-refractivity contribution in [2.24, 2.45) is 5.29 Å². The summed E-state index contributed by atoms with van der Waals surface area (Å²) in [5.74, 6) is -0.345. The minimum atomic E-state index is -0.345. The average Bonchev–Trinajstić information content (AvgIpc) is 2.42. The molecular weight excluding hydrogens is 228 g/mol. The van der Waals surface area contributed by atoms with Crippen molar-refractivity contribution in [3.63, 3.8) is 0 Å². The number of carbonyl (C=O) groups is 1. The van der Waals surface area contributed by atoms with E-state index in [0.29, 0.717) is 5.69 Å². The van der Waals surface area contributed by atoms with Crippen LogP contribution in [0.15, 0.2) is 65.9 Å². The van der Waals surface area contributed by atoms with Gasteiger partial charge in [0.1, 0.15) is 0 Å². The first-order valence-corrected chi connectivity index (χ1v) is 5.56. The summed E-state index contributed by atoms with van der Waals surface area (Å²) in [6, 6.07) is 17.9. The maximum Gasteiger partial charge on any atom is 0.254 e. The number of anilines is 1. The van der Waals surface area contributed by atoms with Crippen LogP contribution in [-0.2, 0) is 11.2 Å². The predicted octanol–water partition coefficient (Wildman–Crippen LogP) is 2.94. The standard InChI is InChI=1S/C14H12N2O2/c17-14(11-12-7-3-1-4-8-12)16(15-18)13-9-5-2-6-10-13/h1-10H,11H2. The minimum Gasteiger partial charge on any atom is -0.272 e. The molecule has 2 rings (SSSR count). The number of hydrogen-bond acceptors (Lipinski definition) is 3. The van der Waals surface area contributed by atoms with E-state index in [9.17, 15) is 9.70 Å². The van der Waals surface area contributed by atoms with E-state index in [2.05, 4.69) is 5.29 Å². The summed E-state index contributed by atoms with van der Waals surface area (Å²) in [5.41, 5.74) is 1.33. The van der Waals surface area contributed by atoms with Gasteiger partial charge in [0.15, 0.2) is 0 Å². The Kier molecular flexibility index (Phi) is 3.81. The molecule has 0 spiro atoms. The largest absolute Gasteiger partial charge is 0.272 e. The van der Waals surface area contributed by atoms with Crippen molar-refractivity contribution in [3.05, 3.63) is 71.1 Å². The Balaban J connectivity index is 2.14. The van der Waals surface area contributed by atoms with Gasteiger partial charge in [-0.3, -0.25) is 4.79 Å². The number of amides is 1. The maximum atomic E-state index is 12.0. The van der Waals surface area contributed by atoms with Crippen molar-refractivity contribution in [2.45, 2.75) is 6.42 Å². The van der Waals surface area contributed by atoms with Gasteiger partial charge in [0.05, 0.1) is 17.4 Å². The monoisotopic (exact) mass is 240 g/mol. The lowest BCUT2D eigenvalue weighted by atomic mass is 10.1. The number of rotatable bonds is 4. The van der Waals surface area contributed by atoms with Crippen LogP contribution in [0.3, 0.4) is 0 Å². The third kappa shape index (κ3) is 2.79. The Labute approximate surface area is 105 Å². The summed E-state index contributed by atoms with van der Waals surface area (Å²) in [6.45, 7) is 0. The van der Waals surface area contributed by atoms with Crippen LogP contribution in [0, 0.1) is 4.91 Å². The lowest BCUT2D eigenvalue weighted by Crippen LogP contribution is -2.26. The fourth-order valence-corrected chi connectivity index (χ4v) is 1.65. The summed E-state index contributed by atoms with van der Waals surface area (Å²) in [5, 5.41) is 3.67. The first-order chi connectivity index (χ1) is 8.81. The molecule has 1 amide bonds. The van der Waals surface area contributed by atoms with Crippen LogP contribution in [0.1, 0.15) is 5.56 Å². The Morgan fingerprint density at radius 2 is 1.50 bits per heavy atom. The number of benzene rings is 2. The van der Waals surface area contributed by atoms with Gasteiger partial charge in [0.25, 0.3) is 5.91 Å². The highest BCUT2D eigenvalue weighted by Gasteiger charge is 2.16. The second-order valence-electron chi connectivity index (χ2n) is 3.79. The van der Waals surface area contributed by atoms with Crippen LogP contribution in [0.25, 0.3) is 0 Å². The van der Waals surface area contributed by atoms with E-state index in [0.717, 1.165) is 10.6 Å². The molecule has 0 bridgehead atoms. The van der Waals surface area contributed by atoms with Crippen LogP contribution in [0.2, 0.25) is 0 Å². The number of carbonyl (C=O) groups excluding carboxylic acids is 1. The van der Waals surface area contributed by atoms with Gasteiger partial charge in [-0.05, 0) is 17.7 Å². The molecule has 0 unspecified atom stereocenters. The third-order valence-corrected chi connectivity index (χ3v) is 2.52. The second-order valence-corrected chi connectivity index (χ2v) is 3.79. The highest BCUT2D eigenvalue weighted by molar-refractivity contribution is 5.93. The fraction of sp³-hybridized carbons (Fsp3) is 0.0714. The zero-order chi connectivity index (χ0) is 12.8. The Bertz CT molecular complexity index is 526. The van der Waals surface area contributed by atoms with Crippen molar-refractivity contribution in [2.75, 3.05) is 5.01 Å². The van der Waals surface area contributed by atoms with E-state index < -0.39 is 0 Å². The van der Waals surface area contributed by atoms with Gasteiger partial charge < -0.3 is 0 Å². The van der Waals surface area contributed by atoms with Crippen molar-refractivity contribution >= 4 is 11.6 Å². The topological polar surface area (TPSA) is 49.7 Å². The molecule has 18 heavy (non-hydrogen) atoms. The van der Waals surface area contributed by atoms with Crippen LogP contribution in [0.5, 0.6) is 0 Å². The molecule has 2 aromatic carbocycles. The summed E-state index contributed by atoms with van der Waals surface area (Å²) < 4.78 is 0. The van der Waals surface area contributed by atoms with E-state index in [1.54, 1.807) is 24.3 Å². The van der Waals surface area contributed by atoms with Crippen LogP contribution >= 0.6 is 0 Å². The van der Waals surface area contributed by atoms with Crippen LogP contribution in [-0.4, -0.2) is 5.91 Å². The molecule has 4 heteroatoms. The lowest BCUT2D eigenvalue weighted by Gasteiger charge is -2.13. The van der Waals surface area contributed by atoms with E-state index in [4.69, 9.17) is 0 Å². The van der Waals surface area contributed by atoms with E-state index >= 15 is 0 Å². The number of nitrogens with zero attached hydrogens (tertiary/aromatic N) is 2. The molecular formula is C14H12N2O2. The van der Waals surface area contributed by atoms with Crippen molar-refractivity contribution in [3.8, 4) is 0 Å². The molecule has 2 aromatic rings.